The van der Waals surface area contributed by atoms with Gasteiger partial charge in [-0.25, -0.2) is 4.98 Å². The molecule has 1 heterocycles. The zero-order valence-electron chi connectivity index (χ0n) is 9.43. The average molecular weight is 237 g/mol. The molecule has 3 nitrogen and oxygen atoms in total. The number of aromatic nitrogens is 1. The largest absolute Gasteiger partial charge is 0.481 e. The molecule has 16 heavy (non-hydrogen) atoms. The molecule has 2 atom stereocenters. The Hall–Kier alpha value is -0.900. The number of thiazole rings is 1. The molecule has 4 heteroatoms. The Balaban J connectivity index is 1.84. The van der Waals surface area contributed by atoms with E-state index < -0.39 is 5.97 Å². The van der Waals surface area contributed by atoms with E-state index in [0.717, 1.165) is 5.69 Å². The quantitative estimate of drug-likeness (QED) is 0.879. The lowest BCUT2D eigenvalue weighted by molar-refractivity contribution is -0.139. The van der Waals surface area contributed by atoms with Crippen LogP contribution < -0.4 is 0 Å². The Morgan fingerprint density at radius 3 is 2.75 bits per heavy atom. The van der Waals surface area contributed by atoms with Crippen molar-refractivity contribution in [2.75, 3.05) is 0 Å². The van der Waals surface area contributed by atoms with Gasteiger partial charge in [0.2, 0.25) is 0 Å². The van der Waals surface area contributed by atoms with Crippen LogP contribution in [0.3, 0.4) is 0 Å². The van der Waals surface area contributed by atoms with E-state index in [1.165, 1.54) is 17.8 Å². The first kappa shape index (κ1) is 10.3. The zero-order valence-corrected chi connectivity index (χ0v) is 10.3. The maximum Gasteiger partial charge on any atom is 0.307 e. The molecule has 2 aliphatic carbocycles. The highest BCUT2D eigenvalue weighted by Gasteiger charge is 2.63. The minimum Gasteiger partial charge on any atom is -0.481 e. The van der Waals surface area contributed by atoms with Crippen molar-refractivity contribution in [1.82, 2.24) is 4.98 Å². The molecule has 0 amide bonds. The first-order valence-corrected chi connectivity index (χ1v) is 6.58. The first-order valence-electron chi connectivity index (χ1n) is 5.70. The zero-order chi connectivity index (χ0) is 11.5. The fourth-order valence-corrected chi connectivity index (χ4v) is 3.64. The minimum atomic E-state index is -0.684. The third-order valence-corrected chi connectivity index (χ3v) is 4.90. The van der Waals surface area contributed by atoms with Crippen molar-refractivity contribution in [3.63, 3.8) is 0 Å². The number of carboxylic acid groups (broad SMARTS) is 1. The van der Waals surface area contributed by atoms with Gasteiger partial charge in [0.05, 0.1) is 16.6 Å². The molecule has 2 fully saturated rings. The van der Waals surface area contributed by atoms with E-state index in [-0.39, 0.29) is 17.3 Å². The number of carboxylic acids is 1. The summed E-state index contributed by atoms with van der Waals surface area (Å²) >= 11 is 1.70. The van der Waals surface area contributed by atoms with Crippen molar-refractivity contribution in [2.45, 2.75) is 38.5 Å². The topological polar surface area (TPSA) is 50.2 Å². The third-order valence-electron chi connectivity index (χ3n) is 3.88. The molecule has 1 aromatic rings. The Labute approximate surface area is 98.5 Å². The van der Waals surface area contributed by atoms with Crippen LogP contribution in [0.4, 0.5) is 0 Å². The van der Waals surface area contributed by atoms with E-state index >= 15 is 0 Å². The van der Waals surface area contributed by atoms with Gasteiger partial charge in [-0.05, 0) is 18.3 Å². The molecule has 1 N–H and O–H groups in total. The van der Waals surface area contributed by atoms with E-state index in [4.69, 9.17) is 5.11 Å². The van der Waals surface area contributed by atoms with Crippen LogP contribution in [0.5, 0.6) is 0 Å². The summed E-state index contributed by atoms with van der Waals surface area (Å²) in [6.45, 7) is 4.04. The second-order valence-electron chi connectivity index (χ2n) is 5.50. The van der Waals surface area contributed by atoms with Crippen molar-refractivity contribution in [1.29, 1.82) is 0 Å². The Morgan fingerprint density at radius 1 is 1.56 bits per heavy atom. The Kier molecular flexibility index (Phi) is 1.97. The van der Waals surface area contributed by atoms with Crippen LogP contribution >= 0.6 is 11.3 Å². The van der Waals surface area contributed by atoms with Crippen LogP contribution in [0.2, 0.25) is 0 Å². The lowest BCUT2D eigenvalue weighted by atomic mass is 10.1. The summed E-state index contributed by atoms with van der Waals surface area (Å²) in [5, 5.41) is 12.4. The Morgan fingerprint density at radius 2 is 2.25 bits per heavy atom. The molecule has 0 bridgehead atoms. The van der Waals surface area contributed by atoms with Crippen molar-refractivity contribution in [2.24, 2.45) is 11.3 Å². The third kappa shape index (κ3) is 1.39. The lowest BCUT2D eigenvalue weighted by Gasteiger charge is -1.97. The highest BCUT2D eigenvalue weighted by molar-refractivity contribution is 7.09. The Bertz CT molecular complexity index is 448. The van der Waals surface area contributed by atoms with E-state index in [9.17, 15) is 4.79 Å². The SMILES string of the molecule is CC1(C)C(C(=O)O)C1c1csc(C2CC2)n1. The second kappa shape index (κ2) is 3.06. The van der Waals surface area contributed by atoms with Crippen molar-refractivity contribution < 1.29 is 9.90 Å². The molecule has 2 aliphatic rings. The number of rotatable bonds is 3. The molecular weight excluding hydrogens is 222 g/mol. The van der Waals surface area contributed by atoms with E-state index in [0.29, 0.717) is 5.92 Å². The standard InChI is InChI=1S/C12H15NO2S/c1-12(2)8(9(12)11(14)15)7-5-16-10(13-7)6-3-4-6/h5-6,8-9H,3-4H2,1-2H3,(H,14,15). The molecule has 2 saturated carbocycles. The first-order chi connectivity index (χ1) is 7.51. The van der Waals surface area contributed by atoms with Gasteiger partial charge in [-0.2, -0.15) is 0 Å². The number of hydrogen-bond acceptors (Lipinski definition) is 3. The molecule has 0 saturated heterocycles. The predicted molar refractivity (Wildman–Crippen MR) is 61.7 cm³/mol. The van der Waals surface area contributed by atoms with Gasteiger partial charge in [-0.3, -0.25) is 4.79 Å². The number of hydrogen-bond donors (Lipinski definition) is 1. The minimum absolute atomic E-state index is 0.119. The predicted octanol–water partition coefficient (Wildman–Crippen LogP) is 2.84. The van der Waals surface area contributed by atoms with Gasteiger partial charge < -0.3 is 5.11 Å². The normalized spacial score (nSPS) is 31.4. The van der Waals surface area contributed by atoms with Gasteiger partial charge >= 0.3 is 5.97 Å². The smallest absolute Gasteiger partial charge is 0.307 e. The summed E-state index contributed by atoms with van der Waals surface area (Å²) in [7, 11) is 0. The molecule has 0 aromatic carbocycles. The molecule has 0 radical (unpaired) electrons. The van der Waals surface area contributed by atoms with E-state index in [1.807, 2.05) is 13.8 Å². The van der Waals surface area contributed by atoms with Crippen molar-refractivity contribution in [3.05, 3.63) is 16.1 Å². The van der Waals surface area contributed by atoms with Crippen molar-refractivity contribution in [3.8, 4) is 0 Å². The number of carbonyl (C=O) groups is 1. The van der Waals surface area contributed by atoms with Gasteiger partial charge in [0.15, 0.2) is 0 Å². The lowest BCUT2D eigenvalue weighted by Crippen LogP contribution is -2.03. The fraction of sp³-hybridized carbons (Fsp3) is 0.667. The summed E-state index contributed by atoms with van der Waals surface area (Å²) in [6.07, 6.45) is 2.51. The molecular formula is C12H15NO2S. The molecule has 0 aliphatic heterocycles. The summed E-state index contributed by atoms with van der Waals surface area (Å²) in [4.78, 5) is 15.7. The summed E-state index contributed by atoms with van der Waals surface area (Å²) in [6, 6.07) is 0. The van der Waals surface area contributed by atoms with E-state index in [2.05, 4.69) is 10.4 Å². The molecule has 2 unspecified atom stereocenters. The van der Waals surface area contributed by atoms with Crippen LogP contribution in [0.15, 0.2) is 5.38 Å². The molecule has 86 valence electrons. The van der Waals surface area contributed by atoms with Crippen molar-refractivity contribution >= 4 is 17.3 Å². The van der Waals surface area contributed by atoms with E-state index in [1.54, 1.807) is 11.3 Å². The fourth-order valence-electron chi connectivity index (χ4n) is 2.61. The van der Waals surface area contributed by atoms with Gasteiger partial charge in [-0.1, -0.05) is 13.8 Å². The van der Waals surface area contributed by atoms with Gasteiger partial charge in [-0.15, -0.1) is 11.3 Å². The van der Waals surface area contributed by atoms with Gasteiger partial charge in [0.25, 0.3) is 0 Å². The van der Waals surface area contributed by atoms with Crippen LogP contribution in [-0.2, 0) is 4.79 Å². The van der Waals surface area contributed by atoms with Gasteiger partial charge in [0.1, 0.15) is 0 Å². The number of aliphatic carboxylic acids is 1. The maximum absolute atomic E-state index is 11.1. The molecule has 0 spiro atoms. The second-order valence-corrected chi connectivity index (χ2v) is 6.39. The molecule has 1 aromatic heterocycles. The summed E-state index contributed by atoms with van der Waals surface area (Å²) in [5.41, 5.74) is 0.880. The van der Waals surface area contributed by atoms with Crippen LogP contribution in [0.25, 0.3) is 0 Å². The monoisotopic (exact) mass is 237 g/mol. The number of nitrogens with zero attached hydrogens (tertiary/aromatic N) is 1. The van der Waals surface area contributed by atoms with Crippen LogP contribution in [0, 0.1) is 11.3 Å². The highest BCUT2D eigenvalue weighted by atomic mass is 32.1. The van der Waals surface area contributed by atoms with Crippen LogP contribution in [-0.4, -0.2) is 16.1 Å². The average Bonchev–Trinajstić information content (AvgIpc) is 3.06. The molecule has 3 rings (SSSR count). The summed E-state index contributed by atoms with van der Waals surface area (Å²) in [5.74, 6) is -0.143. The van der Waals surface area contributed by atoms with Crippen LogP contribution in [0.1, 0.15) is 49.2 Å². The maximum atomic E-state index is 11.1. The highest BCUT2D eigenvalue weighted by Crippen LogP contribution is 2.64. The van der Waals surface area contributed by atoms with Gasteiger partial charge in [0, 0.05) is 17.2 Å². The summed E-state index contributed by atoms with van der Waals surface area (Å²) < 4.78 is 0.